The lowest BCUT2D eigenvalue weighted by Gasteiger charge is -2.04. The van der Waals surface area contributed by atoms with Gasteiger partial charge in [0.15, 0.2) is 0 Å². The van der Waals surface area contributed by atoms with Gasteiger partial charge < -0.3 is 11.1 Å². The Labute approximate surface area is 112 Å². The number of nitrogens with one attached hydrogen (secondary N) is 1. The van der Waals surface area contributed by atoms with Crippen molar-refractivity contribution in [3.05, 3.63) is 16.1 Å². The minimum atomic E-state index is -0.0898. The van der Waals surface area contributed by atoms with E-state index in [2.05, 4.69) is 10.3 Å². The fourth-order valence-electron chi connectivity index (χ4n) is 1.02. The summed E-state index contributed by atoms with van der Waals surface area (Å²) in [5.41, 5.74) is 6.48. The van der Waals surface area contributed by atoms with Crippen LogP contribution in [0.1, 0.15) is 24.0 Å². The van der Waals surface area contributed by atoms with Gasteiger partial charge in [-0.2, -0.15) is 0 Å². The number of carbonyl (C=O) groups excluding carboxylic acids is 1. The third-order valence-corrected chi connectivity index (χ3v) is 2.58. The van der Waals surface area contributed by atoms with E-state index in [0.717, 1.165) is 10.7 Å². The number of amides is 1. The van der Waals surface area contributed by atoms with Crippen LogP contribution in [0, 0.1) is 6.92 Å². The molecule has 0 aromatic carbocycles. The highest BCUT2D eigenvalue weighted by Gasteiger charge is 2.05. The molecular weight excluding hydrogens is 269 g/mol. The second kappa shape index (κ2) is 8.75. The van der Waals surface area contributed by atoms with E-state index < -0.39 is 0 Å². The summed E-state index contributed by atoms with van der Waals surface area (Å²) < 4.78 is 0. The van der Waals surface area contributed by atoms with Gasteiger partial charge in [0.25, 0.3) is 0 Å². The third-order valence-electron chi connectivity index (χ3n) is 1.61. The number of rotatable bonds is 4. The van der Waals surface area contributed by atoms with Gasteiger partial charge in [-0.15, -0.1) is 36.2 Å². The summed E-state index contributed by atoms with van der Waals surface area (Å²) in [5.74, 6) is -0.0205. The van der Waals surface area contributed by atoms with E-state index in [1.54, 1.807) is 11.3 Å². The molecule has 0 saturated carbocycles. The second-order valence-electron chi connectivity index (χ2n) is 3.34. The van der Waals surface area contributed by atoms with E-state index in [1.807, 2.05) is 19.2 Å². The Bertz CT molecular complexity index is 317. The van der Waals surface area contributed by atoms with E-state index in [0.29, 0.717) is 13.0 Å². The molecule has 0 aliphatic rings. The average molecular weight is 286 g/mol. The summed E-state index contributed by atoms with van der Waals surface area (Å²) in [5, 5.41) is 5.67. The Hall–Kier alpha value is -0.360. The Morgan fingerprint density at radius 2 is 2.25 bits per heavy atom. The lowest BCUT2D eigenvalue weighted by atomic mass is 10.2. The van der Waals surface area contributed by atoms with Crippen LogP contribution in [0.3, 0.4) is 0 Å². The van der Waals surface area contributed by atoms with Gasteiger partial charge in [-0.3, -0.25) is 4.79 Å². The topological polar surface area (TPSA) is 68.0 Å². The molecule has 0 bridgehead atoms. The highest BCUT2D eigenvalue weighted by Crippen LogP contribution is 2.07. The number of hydrogen-bond donors (Lipinski definition) is 2. The minimum absolute atomic E-state index is 0. The Balaban J connectivity index is 0. The summed E-state index contributed by atoms with van der Waals surface area (Å²) in [6.45, 7) is 4.25. The van der Waals surface area contributed by atoms with Crippen LogP contribution < -0.4 is 11.1 Å². The molecule has 0 aliphatic heterocycles. The normalized spacial score (nSPS) is 10.9. The van der Waals surface area contributed by atoms with E-state index in [4.69, 9.17) is 5.73 Å². The summed E-state index contributed by atoms with van der Waals surface area (Å²) in [4.78, 5) is 15.5. The lowest BCUT2D eigenvalue weighted by Crippen LogP contribution is -2.29. The lowest BCUT2D eigenvalue weighted by molar-refractivity contribution is -0.121. The quantitative estimate of drug-likeness (QED) is 0.884. The van der Waals surface area contributed by atoms with Crippen molar-refractivity contribution in [2.45, 2.75) is 32.9 Å². The van der Waals surface area contributed by atoms with Crippen molar-refractivity contribution >= 4 is 42.1 Å². The summed E-state index contributed by atoms with van der Waals surface area (Å²) >= 11 is 1.55. The zero-order valence-corrected chi connectivity index (χ0v) is 11.7. The molecule has 1 aromatic rings. The maximum Gasteiger partial charge on any atom is 0.221 e. The molecule has 4 nitrogen and oxygen atoms in total. The molecule has 0 fully saturated rings. The molecule has 0 radical (unpaired) electrons. The van der Waals surface area contributed by atoms with Crippen LogP contribution in [0.15, 0.2) is 5.38 Å². The van der Waals surface area contributed by atoms with Gasteiger partial charge >= 0.3 is 0 Å². The molecule has 1 unspecified atom stereocenters. The second-order valence-corrected chi connectivity index (χ2v) is 4.28. The number of nitrogens with two attached hydrogens (primary N) is 1. The molecule has 0 saturated heterocycles. The maximum absolute atomic E-state index is 11.2. The minimum Gasteiger partial charge on any atom is -0.350 e. The molecule has 0 aliphatic carbocycles. The van der Waals surface area contributed by atoms with E-state index in [1.165, 1.54) is 0 Å². The third kappa shape index (κ3) is 7.00. The molecule has 0 spiro atoms. The fraction of sp³-hybridized carbons (Fsp3) is 0.556. The summed E-state index contributed by atoms with van der Waals surface area (Å²) in [7, 11) is 0. The smallest absolute Gasteiger partial charge is 0.221 e. The van der Waals surface area contributed by atoms with E-state index in [9.17, 15) is 4.79 Å². The highest BCUT2D eigenvalue weighted by atomic mass is 35.5. The van der Waals surface area contributed by atoms with Crippen LogP contribution in [0.2, 0.25) is 0 Å². The number of halogens is 2. The molecule has 7 heteroatoms. The number of aromatic nitrogens is 1. The first kappa shape index (κ1) is 18.0. The van der Waals surface area contributed by atoms with Crippen LogP contribution in [0.25, 0.3) is 0 Å². The Morgan fingerprint density at radius 3 is 2.69 bits per heavy atom. The first-order chi connectivity index (χ1) is 6.58. The van der Waals surface area contributed by atoms with Crippen LogP contribution in [-0.2, 0) is 11.3 Å². The monoisotopic (exact) mass is 285 g/mol. The molecule has 1 rings (SSSR count). The van der Waals surface area contributed by atoms with Crippen LogP contribution in [0.5, 0.6) is 0 Å². The zero-order chi connectivity index (χ0) is 10.6. The first-order valence-electron chi connectivity index (χ1n) is 4.51. The Kier molecular flexibility index (Phi) is 9.86. The predicted octanol–water partition coefficient (Wildman–Crippen LogP) is 1.65. The number of aryl methyl sites for hydroxylation is 1. The van der Waals surface area contributed by atoms with Crippen molar-refractivity contribution in [2.24, 2.45) is 5.73 Å². The van der Waals surface area contributed by atoms with Gasteiger partial charge in [-0.05, 0) is 13.8 Å². The van der Waals surface area contributed by atoms with Crippen molar-refractivity contribution in [2.75, 3.05) is 0 Å². The number of carbonyl (C=O) groups is 1. The van der Waals surface area contributed by atoms with Crippen LogP contribution in [0.4, 0.5) is 0 Å². The molecule has 1 heterocycles. The molecule has 16 heavy (non-hydrogen) atoms. The van der Waals surface area contributed by atoms with E-state index >= 15 is 0 Å². The highest BCUT2D eigenvalue weighted by molar-refractivity contribution is 7.09. The zero-order valence-electron chi connectivity index (χ0n) is 9.23. The predicted molar refractivity (Wildman–Crippen MR) is 71.5 cm³/mol. The van der Waals surface area contributed by atoms with Gasteiger partial charge in [0.1, 0.15) is 5.01 Å². The van der Waals surface area contributed by atoms with Crippen molar-refractivity contribution in [3.63, 3.8) is 0 Å². The van der Waals surface area contributed by atoms with Crippen LogP contribution >= 0.6 is 36.2 Å². The van der Waals surface area contributed by atoms with Gasteiger partial charge in [0.2, 0.25) is 5.91 Å². The average Bonchev–Trinajstić information content (AvgIpc) is 2.47. The van der Waals surface area contributed by atoms with Gasteiger partial charge in [0.05, 0.1) is 6.54 Å². The molecule has 1 aromatic heterocycles. The number of thiazole rings is 1. The summed E-state index contributed by atoms with van der Waals surface area (Å²) in [6, 6.07) is -0.0898. The van der Waals surface area contributed by atoms with Gasteiger partial charge in [-0.1, -0.05) is 0 Å². The van der Waals surface area contributed by atoms with E-state index in [-0.39, 0.29) is 36.8 Å². The molecule has 1 atom stereocenters. The standard InChI is InChI=1S/C9H15N3OS.2ClH/c1-6(10)3-8(13)11-4-9-12-7(2)5-14-9;;/h5-6H,3-4,10H2,1-2H3,(H,11,13);2*1H. The largest absolute Gasteiger partial charge is 0.350 e. The summed E-state index contributed by atoms with van der Waals surface area (Å²) in [6.07, 6.45) is 0.365. The van der Waals surface area contributed by atoms with Gasteiger partial charge in [-0.25, -0.2) is 4.98 Å². The molecule has 1 amide bonds. The van der Waals surface area contributed by atoms with Gasteiger partial charge in [0, 0.05) is 23.5 Å². The number of nitrogens with zero attached hydrogens (tertiary/aromatic N) is 1. The molecule has 3 N–H and O–H groups in total. The number of hydrogen-bond acceptors (Lipinski definition) is 4. The SMILES string of the molecule is Cc1csc(CNC(=O)CC(C)N)n1.Cl.Cl. The van der Waals surface area contributed by atoms with Crippen LogP contribution in [-0.4, -0.2) is 16.9 Å². The molecular formula is C9H17Cl2N3OS. The fourth-order valence-corrected chi connectivity index (χ4v) is 1.73. The van der Waals surface area contributed by atoms with Crippen molar-refractivity contribution in [1.82, 2.24) is 10.3 Å². The van der Waals surface area contributed by atoms with Crippen molar-refractivity contribution < 1.29 is 4.79 Å². The Morgan fingerprint density at radius 1 is 1.62 bits per heavy atom. The maximum atomic E-state index is 11.2. The molecule has 94 valence electrons. The van der Waals surface area contributed by atoms with Crippen molar-refractivity contribution in [3.8, 4) is 0 Å². The van der Waals surface area contributed by atoms with Crippen molar-refractivity contribution in [1.29, 1.82) is 0 Å². The first-order valence-corrected chi connectivity index (χ1v) is 5.39.